The summed E-state index contributed by atoms with van der Waals surface area (Å²) in [5.74, 6) is 0.910. The van der Waals surface area contributed by atoms with Crippen molar-refractivity contribution in [3.63, 3.8) is 0 Å². The first-order valence-corrected chi connectivity index (χ1v) is 5.13. The number of hydrogen-bond acceptors (Lipinski definition) is 2. The predicted octanol–water partition coefficient (Wildman–Crippen LogP) is 2.30. The summed E-state index contributed by atoms with van der Waals surface area (Å²) in [6.45, 7) is 2.67. The minimum atomic E-state index is 0.562. The zero-order valence-corrected chi connectivity index (χ0v) is 9.14. The van der Waals surface area contributed by atoms with Crippen LogP contribution >= 0.6 is 12.2 Å². The summed E-state index contributed by atoms with van der Waals surface area (Å²) in [6, 6.07) is 8.02. The quantitative estimate of drug-likeness (QED) is 0.756. The molecule has 2 N–H and O–H groups in total. The Morgan fingerprint density at radius 3 is 2.93 bits per heavy atom. The van der Waals surface area contributed by atoms with Crippen LogP contribution in [0.1, 0.15) is 18.9 Å². The van der Waals surface area contributed by atoms with Gasteiger partial charge in [-0.05, 0) is 31.0 Å². The predicted molar refractivity (Wildman–Crippen MR) is 62.7 cm³/mol. The van der Waals surface area contributed by atoms with Crippen LogP contribution in [0.5, 0.6) is 5.75 Å². The molecule has 0 radical (unpaired) electrons. The van der Waals surface area contributed by atoms with Gasteiger partial charge in [0, 0.05) is 6.42 Å². The maximum atomic E-state index is 5.44. The van der Waals surface area contributed by atoms with Crippen molar-refractivity contribution < 1.29 is 4.74 Å². The molecule has 0 fully saturated rings. The Morgan fingerprint density at radius 2 is 2.29 bits per heavy atom. The molecule has 0 spiro atoms. The van der Waals surface area contributed by atoms with Gasteiger partial charge in [0.25, 0.3) is 0 Å². The highest BCUT2D eigenvalue weighted by atomic mass is 32.1. The van der Waals surface area contributed by atoms with Crippen molar-refractivity contribution >= 4 is 17.2 Å². The average molecular weight is 209 g/mol. The second-order valence-electron chi connectivity index (χ2n) is 3.05. The van der Waals surface area contributed by atoms with E-state index < -0.39 is 0 Å². The number of ether oxygens (including phenoxy) is 1. The van der Waals surface area contributed by atoms with Gasteiger partial charge in [-0.1, -0.05) is 24.4 Å². The van der Waals surface area contributed by atoms with Crippen LogP contribution in [-0.2, 0) is 6.42 Å². The highest BCUT2D eigenvalue weighted by Crippen LogP contribution is 2.14. The lowest BCUT2D eigenvalue weighted by atomic mass is 10.1. The largest absolute Gasteiger partial charge is 0.494 e. The molecule has 76 valence electrons. The molecular weight excluding hydrogens is 194 g/mol. The maximum Gasteiger partial charge on any atom is 0.119 e. The molecule has 2 nitrogen and oxygen atoms in total. The Balaban J connectivity index is 2.58. The van der Waals surface area contributed by atoms with E-state index in [4.69, 9.17) is 22.7 Å². The smallest absolute Gasteiger partial charge is 0.119 e. The van der Waals surface area contributed by atoms with Crippen LogP contribution in [0, 0.1) is 0 Å². The van der Waals surface area contributed by atoms with E-state index in [1.54, 1.807) is 0 Å². The van der Waals surface area contributed by atoms with Gasteiger partial charge >= 0.3 is 0 Å². The van der Waals surface area contributed by atoms with Crippen LogP contribution in [0.15, 0.2) is 24.3 Å². The maximum absolute atomic E-state index is 5.44. The Bertz CT molecular complexity index is 312. The van der Waals surface area contributed by atoms with Crippen molar-refractivity contribution in [2.75, 3.05) is 6.61 Å². The van der Waals surface area contributed by atoms with Crippen LogP contribution in [0.2, 0.25) is 0 Å². The minimum absolute atomic E-state index is 0.562. The van der Waals surface area contributed by atoms with E-state index >= 15 is 0 Å². The summed E-state index contributed by atoms with van der Waals surface area (Å²) in [4.78, 5) is 0.562. The Hall–Kier alpha value is -1.09. The van der Waals surface area contributed by atoms with E-state index in [2.05, 4.69) is 6.07 Å². The van der Waals surface area contributed by atoms with E-state index in [1.165, 1.54) is 5.56 Å². The Kier molecular flexibility index (Phi) is 4.40. The molecule has 0 aliphatic carbocycles. The van der Waals surface area contributed by atoms with E-state index in [9.17, 15) is 0 Å². The Labute approximate surface area is 90.1 Å². The lowest BCUT2D eigenvalue weighted by Gasteiger charge is -2.05. The number of rotatable bonds is 5. The van der Waals surface area contributed by atoms with Gasteiger partial charge in [0.2, 0.25) is 0 Å². The summed E-state index contributed by atoms with van der Waals surface area (Å²) in [5, 5.41) is 0. The molecule has 1 aromatic carbocycles. The normalized spacial score (nSPS) is 9.79. The third kappa shape index (κ3) is 3.75. The second-order valence-corrected chi connectivity index (χ2v) is 3.57. The van der Waals surface area contributed by atoms with Crippen LogP contribution < -0.4 is 10.5 Å². The van der Waals surface area contributed by atoms with Gasteiger partial charge < -0.3 is 10.5 Å². The lowest BCUT2D eigenvalue weighted by Crippen LogP contribution is -2.08. The van der Waals surface area contributed by atoms with Gasteiger partial charge in [-0.25, -0.2) is 0 Å². The number of benzene rings is 1. The highest BCUT2D eigenvalue weighted by Gasteiger charge is 1.97. The third-order valence-corrected chi connectivity index (χ3v) is 2.07. The van der Waals surface area contributed by atoms with Crippen molar-refractivity contribution in [2.24, 2.45) is 5.73 Å². The zero-order chi connectivity index (χ0) is 10.4. The fraction of sp³-hybridized carbons (Fsp3) is 0.364. The average Bonchev–Trinajstić information content (AvgIpc) is 2.16. The van der Waals surface area contributed by atoms with Gasteiger partial charge in [-0.3, -0.25) is 0 Å². The molecule has 0 bridgehead atoms. The molecule has 1 rings (SSSR count). The van der Waals surface area contributed by atoms with Gasteiger partial charge in [-0.2, -0.15) is 0 Å². The van der Waals surface area contributed by atoms with Crippen LogP contribution in [-0.4, -0.2) is 11.6 Å². The molecule has 0 aliphatic rings. The Morgan fingerprint density at radius 1 is 1.50 bits per heavy atom. The van der Waals surface area contributed by atoms with Crippen molar-refractivity contribution in [1.29, 1.82) is 0 Å². The van der Waals surface area contributed by atoms with Gasteiger partial charge in [0.1, 0.15) is 5.75 Å². The lowest BCUT2D eigenvalue weighted by molar-refractivity contribution is 0.340. The molecule has 0 unspecified atom stereocenters. The van der Waals surface area contributed by atoms with Crippen LogP contribution in [0.25, 0.3) is 0 Å². The molecule has 14 heavy (non-hydrogen) atoms. The number of aryl methyl sites for hydroxylation is 1. The molecule has 0 aliphatic heterocycles. The van der Waals surface area contributed by atoms with E-state index in [0.29, 0.717) is 11.6 Å². The van der Waals surface area contributed by atoms with E-state index in [0.717, 1.165) is 18.6 Å². The summed E-state index contributed by atoms with van der Waals surface area (Å²) in [6.07, 6.45) is 1.64. The molecule has 0 saturated heterocycles. The van der Waals surface area contributed by atoms with E-state index in [1.807, 2.05) is 25.1 Å². The van der Waals surface area contributed by atoms with Crippen molar-refractivity contribution in [2.45, 2.75) is 19.8 Å². The molecule has 0 aromatic heterocycles. The first kappa shape index (κ1) is 11.0. The second kappa shape index (κ2) is 5.60. The fourth-order valence-electron chi connectivity index (χ4n) is 1.22. The van der Waals surface area contributed by atoms with Crippen LogP contribution in [0.3, 0.4) is 0 Å². The van der Waals surface area contributed by atoms with Crippen LogP contribution in [0.4, 0.5) is 0 Å². The monoisotopic (exact) mass is 209 g/mol. The van der Waals surface area contributed by atoms with Crippen molar-refractivity contribution in [3.05, 3.63) is 29.8 Å². The summed E-state index contributed by atoms with van der Waals surface area (Å²) < 4.78 is 5.39. The summed E-state index contributed by atoms with van der Waals surface area (Å²) in [7, 11) is 0. The highest BCUT2D eigenvalue weighted by molar-refractivity contribution is 7.80. The first-order valence-electron chi connectivity index (χ1n) is 4.72. The first-order chi connectivity index (χ1) is 6.72. The summed E-state index contributed by atoms with van der Waals surface area (Å²) in [5.41, 5.74) is 6.65. The fourth-order valence-corrected chi connectivity index (χ4v) is 1.33. The molecular formula is C11H15NOS. The van der Waals surface area contributed by atoms with Gasteiger partial charge in [-0.15, -0.1) is 0 Å². The molecule has 0 atom stereocenters. The van der Waals surface area contributed by atoms with Crippen molar-refractivity contribution in [1.82, 2.24) is 0 Å². The molecule has 0 amide bonds. The number of hydrogen-bond donors (Lipinski definition) is 1. The SMILES string of the molecule is CCOc1cccc(CCC(N)=S)c1. The van der Waals surface area contributed by atoms with E-state index in [-0.39, 0.29) is 0 Å². The topological polar surface area (TPSA) is 35.2 Å². The number of nitrogens with two attached hydrogens (primary N) is 1. The molecule has 0 saturated carbocycles. The molecule has 1 aromatic rings. The molecule has 3 heteroatoms. The third-order valence-electron chi connectivity index (χ3n) is 1.87. The van der Waals surface area contributed by atoms with Crippen molar-refractivity contribution in [3.8, 4) is 5.75 Å². The summed E-state index contributed by atoms with van der Waals surface area (Å²) >= 11 is 4.83. The minimum Gasteiger partial charge on any atom is -0.494 e. The molecule has 0 heterocycles. The standard InChI is InChI=1S/C11H15NOS/c1-2-13-10-5-3-4-9(8-10)6-7-11(12)14/h3-5,8H,2,6-7H2,1H3,(H2,12,14). The zero-order valence-electron chi connectivity index (χ0n) is 8.32. The number of thiocarbonyl (C=S) groups is 1. The van der Waals surface area contributed by atoms with Gasteiger partial charge in [0.15, 0.2) is 0 Å². The van der Waals surface area contributed by atoms with Gasteiger partial charge in [0.05, 0.1) is 11.6 Å².